The van der Waals surface area contributed by atoms with Gasteiger partial charge in [-0.3, -0.25) is 9.57 Å². The number of nitrogens with one attached hydrogen (secondary N) is 3. The summed E-state index contributed by atoms with van der Waals surface area (Å²) in [6, 6.07) is 10.2. The monoisotopic (exact) mass is 407 g/mol. The first-order valence-corrected chi connectivity index (χ1v) is 11.0. The van der Waals surface area contributed by atoms with Gasteiger partial charge in [-0.15, -0.1) is 0 Å². The van der Waals surface area contributed by atoms with Gasteiger partial charge in [-0.05, 0) is 56.9 Å². The van der Waals surface area contributed by atoms with E-state index in [1.807, 2.05) is 30.5 Å². The van der Waals surface area contributed by atoms with Gasteiger partial charge in [-0.2, -0.15) is 5.26 Å². The highest BCUT2D eigenvalue weighted by molar-refractivity contribution is 7.87. The van der Waals surface area contributed by atoms with Crippen LogP contribution in [0.1, 0.15) is 26.7 Å². The third-order valence-corrected chi connectivity index (χ3v) is 7.31. The molecule has 0 bridgehead atoms. The minimum absolute atomic E-state index is 0.0664. The van der Waals surface area contributed by atoms with Crippen molar-refractivity contribution in [1.82, 2.24) is 9.55 Å². The zero-order valence-electron chi connectivity index (χ0n) is 16.9. The van der Waals surface area contributed by atoms with Crippen molar-refractivity contribution in [2.45, 2.75) is 36.3 Å². The van der Waals surface area contributed by atoms with Crippen molar-refractivity contribution in [3.8, 4) is 17.2 Å². The van der Waals surface area contributed by atoms with Gasteiger partial charge in [0.1, 0.15) is 10.3 Å². The number of benzene rings is 1. The quantitative estimate of drug-likeness (QED) is 0.565. The molecule has 4 rings (SSSR count). The number of nitrogens with zero attached hydrogens (tertiary/aromatic N) is 2. The van der Waals surface area contributed by atoms with Crippen LogP contribution in [0.2, 0.25) is 0 Å². The lowest BCUT2D eigenvalue weighted by atomic mass is 10.0. The highest BCUT2D eigenvalue weighted by Crippen LogP contribution is 2.37. The normalized spacial score (nSPS) is 15.2. The van der Waals surface area contributed by atoms with Crippen molar-refractivity contribution in [2.75, 3.05) is 11.9 Å². The van der Waals surface area contributed by atoms with Crippen LogP contribution in [0.15, 0.2) is 46.3 Å². The maximum Gasteiger partial charge on any atom is 0.274 e. The van der Waals surface area contributed by atoms with Crippen LogP contribution in [0.3, 0.4) is 0 Å². The summed E-state index contributed by atoms with van der Waals surface area (Å²) in [4.78, 5) is 16.4. The fourth-order valence-corrected chi connectivity index (χ4v) is 4.55. The molecule has 1 unspecified atom stereocenters. The number of aromatic amines is 1. The molecule has 0 spiro atoms. The first-order valence-electron chi connectivity index (χ1n) is 9.73. The molecule has 6 nitrogen and oxygen atoms in total. The standard InChI is InChI=1S/C22H25N5OS/c1-22(2,13-23)29(24)15-6-7-19(26-11-14-4-5-14)17(10-15)18-12-27(3)21(28)20-16(18)8-9-25-20/h6-10,12,14,24-26H,4-5,11H2,1-3H3. The molecule has 1 saturated carbocycles. The topological polar surface area (TPSA) is 97.5 Å². The van der Waals surface area contributed by atoms with E-state index >= 15 is 0 Å². The molecular weight excluding hydrogens is 382 g/mol. The zero-order valence-corrected chi connectivity index (χ0v) is 17.7. The largest absolute Gasteiger partial charge is 0.384 e. The molecule has 0 amide bonds. The molecule has 0 aliphatic heterocycles. The SMILES string of the molecule is Cn1cc(-c2cc(S(=N)C(C)(C)C#N)ccc2NCC2CC2)c2cc[nH]c2c1=O. The van der Waals surface area contributed by atoms with Crippen molar-refractivity contribution in [3.63, 3.8) is 0 Å². The third-order valence-electron chi connectivity index (χ3n) is 5.47. The van der Waals surface area contributed by atoms with Crippen molar-refractivity contribution in [2.24, 2.45) is 13.0 Å². The number of anilines is 1. The molecule has 1 atom stereocenters. The van der Waals surface area contributed by atoms with Gasteiger partial charge >= 0.3 is 0 Å². The summed E-state index contributed by atoms with van der Waals surface area (Å²) in [6.07, 6.45) is 6.16. The van der Waals surface area contributed by atoms with Crippen LogP contribution in [0.5, 0.6) is 0 Å². The summed E-state index contributed by atoms with van der Waals surface area (Å²) in [5.41, 5.74) is 3.40. The van der Waals surface area contributed by atoms with E-state index in [1.54, 1.807) is 31.7 Å². The Kier molecular flexibility index (Phi) is 4.83. The van der Waals surface area contributed by atoms with Crippen molar-refractivity contribution < 1.29 is 0 Å². The van der Waals surface area contributed by atoms with Crippen LogP contribution in [-0.2, 0) is 17.7 Å². The van der Waals surface area contributed by atoms with Crippen LogP contribution in [0.4, 0.5) is 5.69 Å². The van der Waals surface area contributed by atoms with Crippen LogP contribution in [0, 0.1) is 22.0 Å². The molecule has 0 saturated heterocycles. The predicted molar refractivity (Wildman–Crippen MR) is 118 cm³/mol. The number of fused-ring (bicyclic) bond motifs is 1. The molecule has 7 heteroatoms. The molecule has 1 aliphatic carbocycles. The fourth-order valence-electron chi connectivity index (χ4n) is 3.43. The first-order chi connectivity index (χ1) is 13.8. The van der Waals surface area contributed by atoms with E-state index in [9.17, 15) is 10.1 Å². The average Bonchev–Trinajstić information content (AvgIpc) is 3.42. The fraction of sp³-hybridized carbons (Fsp3) is 0.364. The van der Waals surface area contributed by atoms with Crippen molar-refractivity contribution in [1.29, 1.82) is 10.0 Å². The Morgan fingerprint density at radius 1 is 1.34 bits per heavy atom. The highest BCUT2D eigenvalue weighted by atomic mass is 32.2. The summed E-state index contributed by atoms with van der Waals surface area (Å²) < 4.78 is 9.48. The molecular formula is C22H25N5OS. The predicted octanol–water partition coefficient (Wildman–Crippen LogP) is 4.40. The number of hydrogen-bond donors (Lipinski definition) is 3. The number of hydrogen-bond acceptors (Lipinski definition) is 4. The van der Waals surface area contributed by atoms with Gasteiger partial charge < -0.3 is 14.9 Å². The number of aryl methyl sites for hydroxylation is 1. The number of H-pyrrole nitrogens is 1. The third kappa shape index (κ3) is 3.60. The van der Waals surface area contributed by atoms with E-state index in [1.165, 1.54) is 12.8 Å². The molecule has 1 aliphatic rings. The summed E-state index contributed by atoms with van der Waals surface area (Å²) in [7, 11) is 0.766. The van der Waals surface area contributed by atoms with Gasteiger partial charge in [0, 0.05) is 53.1 Å². The Bertz CT molecular complexity index is 1210. The van der Waals surface area contributed by atoms with E-state index in [2.05, 4.69) is 16.4 Å². The molecule has 0 radical (unpaired) electrons. The highest BCUT2D eigenvalue weighted by Gasteiger charge is 2.25. The molecule has 150 valence electrons. The molecule has 2 aromatic heterocycles. The Morgan fingerprint density at radius 3 is 2.79 bits per heavy atom. The number of nitriles is 1. The molecule has 3 aromatic rings. The molecule has 3 N–H and O–H groups in total. The minimum atomic E-state index is -0.986. The maximum absolute atomic E-state index is 12.5. The second-order valence-corrected chi connectivity index (χ2v) is 10.3. The second kappa shape index (κ2) is 7.20. The van der Waals surface area contributed by atoms with Gasteiger partial charge in [0.15, 0.2) is 0 Å². The summed E-state index contributed by atoms with van der Waals surface area (Å²) in [5, 5.41) is 13.9. The van der Waals surface area contributed by atoms with Gasteiger partial charge in [-0.1, -0.05) is 10.7 Å². The molecule has 1 aromatic carbocycles. The van der Waals surface area contributed by atoms with Crippen molar-refractivity contribution in [3.05, 3.63) is 47.0 Å². The van der Waals surface area contributed by atoms with E-state index in [-0.39, 0.29) is 5.56 Å². The van der Waals surface area contributed by atoms with Gasteiger partial charge in [0.05, 0.1) is 6.07 Å². The van der Waals surface area contributed by atoms with Gasteiger partial charge in [0.25, 0.3) is 5.56 Å². The number of aromatic nitrogens is 2. The zero-order chi connectivity index (χ0) is 20.8. The van der Waals surface area contributed by atoms with Crippen molar-refractivity contribution >= 4 is 27.3 Å². The van der Waals surface area contributed by atoms with E-state index in [4.69, 9.17) is 4.78 Å². The summed E-state index contributed by atoms with van der Waals surface area (Å²) in [6.45, 7) is 4.53. The van der Waals surface area contributed by atoms with Crippen LogP contribution in [-0.4, -0.2) is 20.8 Å². The lowest BCUT2D eigenvalue weighted by molar-refractivity contribution is 0.871. The summed E-state index contributed by atoms with van der Waals surface area (Å²) in [5.74, 6) is 0.721. The summed E-state index contributed by atoms with van der Waals surface area (Å²) >= 11 is 0. The minimum Gasteiger partial charge on any atom is -0.384 e. The van der Waals surface area contributed by atoms with Crippen LogP contribution < -0.4 is 10.9 Å². The van der Waals surface area contributed by atoms with Gasteiger partial charge in [0.2, 0.25) is 0 Å². The lowest BCUT2D eigenvalue weighted by Crippen LogP contribution is -2.23. The van der Waals surface area contributed by atoms with Crippen LogP contribution in [0.25, 0.3) is 22.0 Å². The van der Waals surface area contributed by atoms with Crippen LogP contribution >= 0.6 is 0 Å². The Morgan fingerprint density at radius 2 is 2.10 bits per heavy atom. The van der Waals surface area contributed by atoms with Gasteiger partial charge in [-0.25, -0.2) is 0 Å². The van der Waals surface area contributed by atoms with E-state index in [0.29, 0.717) is 5.52 Å². The Balaban J connectivity index is 1.90. The average molecular weight is 408 g/mol. The van der Waals surface area contributed by atoms with E-state index < -0.39 is 15.4 Å². The van der Waals surface area contributed by atoms with E-state index in [0.717, 1.165) is 39.6 Å². The number of pyridine rings is 1. The Labute approximate surface area is 172 Å². The Hall–Kier alpha value is -2.85. The molecule has 1 fully saturated rings. The maximum atomic E-state index is 12.5. The first kappa shape index (κ1) is 19.5. The molecule has 29 heavy (non-hydrogen) atoms. The number of rotatable bonds is 6. The lowest BCUT2D eigenvalue weighted by Gasteiger charge is -2.21. The second-order valence-electron chi connectivity index (χ2n) is 8.19. The smallest absolute Gasteiger partial charge is 0.274 e. The molecule has 2 heterocycles.